The summed E-state index contributed by atoms with van der Waals surface area (Å²) in [5, 5.41) is 1.36. The van der Waals surface area contributed by atoms with Crippen LogP contribution in [0.2, 0.25) is 15.1 Å². The van der Waals surface area contributed by atoms with Crippen molar-refractivity contribution in [1.29, 1.82) is 0 Å². The highest BCUT2D eigenvalue weighted by Gasteiger charge is 2.25. The third kappa shape index (κ3) is 5.00. The smallest absolute Gasteiger partial charge is 0.243 e. The molecule has 1 heterocycles. The van der Waals surface area contributed by atoms with Gasteiger partial charge >= 0.3 is 0 Å². The lowest BCUT2D eigenvalue weighted by molar-refractivity contribution is 0.401. The standard InChI is InChI=1S/C19H15Cl3N2O2S/c20-16-5-7-18(8-6-16)27(25,26)24(12-14-2-1-9-23-11-14)13-15-3-4-17(21)10-19(15)22/h1-11H,12-13H2. The quantitative estimate of drug-likeness (QED) is 0.512. The van der Waals surface area contributed by atoms with E-state index in [4.69, 9.17) is 34.8 Å². The van der Waals surface area contributed by atoms with Gasteiger partial charge in [-0.05, 0) is 53.6 Å². The number of rotatable bonds is 6. The molecule has 3 aromatic rings. The van der Waals surface area contributed by atoms with Crippen molar-refractivity contribution < 1.29 is 8.42 Å². The Morgan fingerprint density at radius 2 is 1.59 bits per heavy atom. The number of nitrogens with zero attached hydrogens (tertiary/aromatic N) is 2. The molecule has 2 aromatic carbocycles. The maximum atomic E-state index is 13.2. The van der Waals surface area contributed by atoms with Crippen LogP contribution in [0.15, 0.2) is 71.9 Å². The van der Waals surface area contributed by atoms with Crippen LogP contribution in [-0.2, 0) is 23.1 Å². The molecule has 0 fully saturated rings. The number of sulfonamides is 1. The van der Waals surface area contributed by atoms with E-state index in [1.807, 2.05) is 6.07 Å². The van der Waals surface area contributed by atoms with Crippen molar-refractivity contribution >= 4 is 44.8 Å². The van der Waals surface area contributed by atoms with Gasteiger partial charge in [0.2, 0.25) is 10.0 Å². The van der Waals surface area contributed by atoms with Gasteiger partial charge in [0, 0.05) is 40.6 Å². The average Bonchev–Trinajstić information content (AvgIpc) is 2.64. The van der Waals surface area contributed by atoms with Crippen LogP contribution in [0.3, 0.4) is 0 Å². The molecule has 4 nitrogen and oxygen atoms in total. The van der Waals surface area contributed by atoms with Crippen LogP contribution in [-0.4, -0.2) is 17.7 Å². The first-order valence-corrected chi connectivity index (χ1v) is 10.5. The number of hydrogen-bond donors (Lipinski definition) is 0. The number of pyridine rings is 1. The largest absolute Gasteiger partial charge is 0.264 e. The van der Waals surface area contributed by atoms with E-state index < -0.39 is 10.0 Å². The van der Waals surface area contributed by atoms with Gasteiger partial charge in [-0.15, -0.1) is 0 Å². The molecule has 8 heteroatoms. The molecule has 0 radical (unpaired) electrons. The number of halogens is 3. The lowest BCUT2D eigenvalue weighted by Gasteiger charge is -2.23. The number of hydrogen-bond acceptors (Lipinski definition) is 3. The molecule has 0 amide bonds. The first-order valence-electron chi connectivity index (χ1n) is 7.95. The minimum atomic E-state index is -3.79. The summed E-state index contributed by atoms with van der Waals surface area (Å²) in [5.41, 5.74) is 1.42. The van der Waals surface area contributed by atoms with E-state index in [-0.39, 0.29) is 18.0 Å². The Hall–Kier alpha value is -1.63. The predicted molar refractivity (Wildman–Crippen MR) is 109 cm³/mol. The molecule has 0 saturated heterocycles. The molecule has 3 rings (SSSR count). The zero-order valence-corrected chi connectivity index (χ0v) is 17.1. The normalized spacial score (nSPS) is 11.7. The van der Waals surface area contributed by atoms with Crippen molar-refractivity contribution in [2.75, 3.05) is 0 Å². The van der Waals surface area contributed by atoms with Crippen molar-refractivity contribution in [3.63, 3.8) is 0 Å². The molecule has 0 aliphatic carbocycles. The lowest BCUT2D eigenvalue weighted by Crippen LogP contribution is -2.30. The fourth-order valence-corrected chi connectivity index (χ4v) is 4.52. The summed E-state index contributed by atoms with van der Waals surface area (Å²) in [4.78, 5) is 4.21. The van der Waals surface area contributed by atoms with E-state index in [2.05, 4.69) is 4.98 Å². The molecule has 0 aliphatic rings. The maximum absolute atomic E-state index is 13.2. The predicted octanol–water partition coefficient (Wildman–Crippen LogP) is 5.43. The van der Waals surface area contributed by atoms with E-state index in [1.165, 1.54) is 16.4 Å². The zero-order valence-electron chi connectivity index (χ0n) is 14.0. The van der Waals surface area contributed by atoms with Gasteiger partial charge < -0.3 is 0 Å². The summed E-state index contributed by atoms with van der Waals surface area (Å²) in [6.45, 7) is 0.244. The fourth-order valence-electron chi connectivity index (χ4n) is 2.52. The Morgan fingerprint density at radius 3 is 2.22 bits per heavy atom. The third-order valence-electron chi connectivity index (χ3n) is 3.89. The van der Waals surface area contributed by atoms with Gasteiger partial charge in [0.25, 0.3) is 0 Å². The van der Waals surface area contributed by atoms with Crippen LogP contribution < -0.4 is 0 Å². The summed E-state index contributed by atoms with van der Waals surface area (Å²) in [7, 11) is -3.79. The highest BCUT2D eigenvalue weighted by molar-refractivity contribution is 7.89. The second-order valence-corrected chi connectivity index (χ2v) is 9.04. The van der Waals surface area contributed by atoms with Gasteiger partial charge in [-0.2, -0.15) is 4.31 Å². The van der Waals surface area contributed by atoms with Gasteiger partial charge in [-0.25, -0.2) is 8.42 Å². The maximum Gasteiger partial charge on any atom is 0.243 e. The molecule has 140 valence electrons. The van der Waals surface area contributed by atoms with Crippen LogP contribution in [0, 0.1) is 0 Å². The van der Waals surface area contributed by atoms with Crippen LogP contribution in [0.5, 0.6) is 0 Å². The van der Waals surface area contributed by atoms with Crippen molar-refractivity contribution in [1.82, 2.24) is 9.29 Å². The highest BCUT2D eigenvalue weighted by Crippen LogP contribution is 2.27. The first-order chi connectivity index (χ1) is 12.9. The van der Waals surface area contributed by atoms with E-state index in [9.17, 15) is 8.42 Å². The molecule has 1 aromatic heterocycles. The third-order valence-corrected chi connectivity index (χ3v) is 6.54. The molecule has 0 N–H and O–H groups in total. The molecule has 0 aliphatic heterocycles. The van der Waals surface area contributed by atoms with Crippen molar-refractivity contribution in [2.45, 2.75) is 18.0 Å². The zero-order chi connectivity index (χ0) is 19.4. The van der Waals surface area contributed by atoms with Crippen molar-refractivity contribution in [3.05, 3.63) is 93.2 Å². The topological polar surface area (TPSA) is 50.3 Å². The minimum Gasteiger partial charge on any atom is -0.264 e. The van der Waals surface area contributed by atoms with Gasteiger partial charge in [-0.1, -0.05) is 46.9 Å². The summed E-state index contributed by atoms with van der Waals surface area (Å²) < 4.78 is 27.8. The lowest BCUT2D eigenvalue weighted by atomic mass is 10.2. The summed E-state index contributed by atoms with van der Waals surface area (Å²) >= 11 is 18.1. The summed E-state index contributed by atoms with van der Waals surface area (Å²) in [5.74, 6) is 0. The molecule has 27 heavy (non-hydrogen) atoms. The Labute approximate surface area is 173 Å². The van der Waals surface area contributed by atoms with E-state index in [1.54, 1.807) is 48.8 Å². The monoisotopic (exact) mass is 440 g/mol. The fraction of sp³-hybridized carbons (Fsp3) is 0.105. The summed E-state index contributed by atoms with van der Waals surface area (Å²) in [6.07, 6.45) is 3.27. The van der Waals surface area contributed by atoms with Crippen LogP contribution in [0.1, 0.15) is 11.1 Å². The second-order valence-electron chi connectivity index (χ2n) is 5.82. The number of aromatic nitrogens is 1. The van der Waals surface area contributed by atoms with Crippen LogP contribution in [0.25, 0.3) is 0 Å². The second kappa shape index (κ2) is 8.59. The van der Waals surface area contributed by atoms with Crippen LogP contribution >= 0.6 is 34.8 Å². The van der Waals surface area contributed by atoms with Gasteiger partial charge in [0.1, 0.15) is 0 Å². The molecular formula is C19H15Cl3N2O2S. The highest BCUT2D eigenvalue weighted by atomic mass is 35.5. The Bertz CT molecular complexity index is 1030. The van der Waals surface area contributed by atoms with E-state index >= 15 is 0 Å². The first kappa shape index (κ1) is 20.1. The van der Waals surface area contributed by atoms with Gasteiger partial charge in [0.15, 0.2) is 0 Å². The Kier molecular flexibility index (Phi) is 6.40. The molecular weight excluding hydrogens is 427 g/mol. The number of benzene rings is 2. The molecule has 0 unspecified atom stereocenters. The Morgan fingerprint density at radius 1 is 0.889 bits per heavy atom. The van der Waals surface area contributed by atoms with E-state index in [0.29, 0.717) is 20.6 Å². The van der Waals surface area contributed by atoms with Gasteiger partial charge in [0.05, 0.1) is 4.90 Å². The molecule has 0 atom stereocenters. The van der Waals surface area contributed by atoms with Crippen molar-refractivity contribution in [3.8, 4) is 0 Å². The van der Waals surface area contributed by atoms with Crippen LogP contribution in [0.4, 0.5) is 0 Å². The van der Waals surface area contributed by atoms with E-state index in [0.717, 1.165) is 5.56 Å². The minimum absolute atomic E-state index is 0.0931. The summed E-state index contributed by atoms with van der Waals surface area (Å²) in [6, 6.07) is 14.6. The SMILES string of the molecule is O=S(=O)(c1ccc(Cl)cc1)N(Cc1cccnc1)Cc1ccc(Cl)cc1Cl. The average molecular weight is 442 g/mol. The van der Waals surface area contributed by atoms with Crippen molar-refractivity contribution in [2.24, 2.45) is 0 Å². The Balaban J connectivity index is 1.99. The molecule has 0 saturated carbocycles. The molecule has 0 bridgehead atoms. The van der Waals surface area contributed by atoms with Gasteiger partial charge in [-0.3, -0.25) is 4.98 Å². The molecule has 0 spiro atoms.